The lowest BCUT2D eigenvalue weighted by atomic mass is 10.3. The van der Waals surface area contributed by atoms with E-state index in [1.807, 2.05) is 18.3 Å². The minimum atomic E-state index is 0. The van der Waals surface area contributed by atoms with Gasteiger partial charge in [-0.15, -0.1) is 24.8 Å². The maximum Gasteiger partial charge on any atom is 0.0443 e. The third-order valence-electron chi connectivity index (χ3n) is 1.56. The van der Waals surface area contributed by atoms with Crippen molar-refractivity contribution in [2.45, 2.75) is 13.0 Å². The molecule has 0 atom stereocenters. The number of halogens is 2. The Hall–Kier alpha value is -0.350. The first-order valence-corrected chi connectivity index (χ1v) is 4.14. The van der Waals surface area contributed by atoms with Crippen LogP contribution in [-0.4, -0.2) is 23.2 Å². The van der Waals surface area contributed by atoms with E-state index in [9.17, 15) is 0 Å². The Bertz CT molecular complexity index is 209. The van der Waals surface area contributed by atoms with Gasteiger partial charge in [-0.25, -0.2) is 0 Å². The maximum absolute atomic E-state index is 8.51. The fourth-order valence-corrected chi connectivity index (χ4v) is 0.939. The summed E-state index contributed by atoms with van der Waals surface area (Å²) in [6.45, 7) is 1.93. The lowest BCUT2D eigenvalue weighted by Gasteiger charge is -2.01. The van der Waals surface area contributed by atoms with Gasteiger partial charge in [-0.3, -0.25) is 4.98 Å². The molecule has 5 heteroatoms. The molecule has 0 unspecified atom stereocenters. The summed E-state index contributed by atoms with van der Waals surface area (Å²) in [5, 5.41) is 11.7. The van der Waals surface area contributed by atoms with E-state index in [-0.39, 0.29) is 31.4 Å². The molecule has 1 rings (SSSR count). The Morgan fingerprint density at radius 2 is 2.14 bits per heavy atom. The van der Waals surface area contributed by atoms with Gasteiger partial charge in [-0.05, 0) is 24.6 Å². The van der Waals surface area contributed by atoms with E-state index in [2.05, 4.69) is 10.3 Å². The second-order valence-corrected chi connectivity index (χ2v) is 2.62. The molecule has 1 aromatic rings. The highest BCUT2D eigenvalue weighted by Crippen LogP contribution is 1.93. The molecule has 0 radical (unpaired) electrons. The average molecular weight is 239 g/mol. The Labute approximate surface area is 96.8 Å². The van der Waals surface area contributed by atoms with Crippen LogP contribution < -0.4 is 5.32 Å². The maximum atomic E-state index is 8.51. The van der Waals surface area contributed by atoms with Gasteiger partial charge in [0.15, 0.2) is 0 Å². The van der Waals surface area contributed by atoms with Crippen LogP contribution in [0.15, 0.2) is 24.5 Å². The summed E-state index contributed by atoms with van der Waals surface area (Å²) < 4.78 is 0. The van der Waals surface area contributed by atoms with Gasteiger partial charge in [0, 0.05) is 25.5 Å². The van der Waals surface area contributed by atoms with E-state index in [1.165, 1.54) is 5.56 Å². The van der Waals surface area contributed by atoms with E-state index >= 15 is 0 Å². The molecule has 0 aliphatic rings. The largest absolute Gasteiger partial charge is 0.396 e. The Morgan fingerprint density at radius 1 is 1.36 bits per heavy atom. The van der Waals surface area contributed by atoms with Crippen LogP contribution in [-0.2, 0) is 6.54 Å². The molecule has 0 amide bonds. The Morgan fingerprint density at radius 3 is 2.71 bits per heavy atom. The van der Waals surface area contributed by atoms with E-state index in [1.54, 1.807) is 6.20 Å². The lowest BCUT2D eigenvalue weighted by Crippen LogP contribution is -2.15. The second-order valence-electron chi connectivity index (χ2n) is 2.62. The molecule has 1 aromatic heterocycles. The van der Waals surface area contributed by atoms with Gasteiger partial charge in [0.25, 0.3) is 0 Å². The molecule has 0 spiro atoms. The van der Waals surface area contributed by atoms with E-state index in [4.69, 9.17) is 5.11 Å². The number of aliphatic hydroxyl groups excluding tert-OH is 1. The van der Waals surface area contributed by atoms with E-state index in [0.717, 1.165) is 19.5 Å². The molecule has 0 saturated heterocycles. The summed E-state index contributed by atoms with van der Waals surface area (Å²) >= 11 is 0. The van der Waals surface area contributed by atoms with Crippen molar-refractivity contribution in [2.75, 3.05) is 13.2 Å². The van der Waals surface area contributed by atoms with Crippen LogP contribution in [0.1, 0.15) is 12.0 Å². The van der Waals surface area contributed by atoms with Crippen molar-refractivity contribution in [3.8, 4) is 0 Å². The smallest absolute Gasteiger partial charge is 0.0443 e. The number of nitrogens with one attached hydrogen (secondary N) is 1. The lowest BCUT2D eigenvalue weighted by molar-refractivity contribution is 0.286. The zero-order valence-corrected chi connectivity index (χ0v) is 9.48. The summed E-state index contributed by atoms with van der Waals surface area (Å²) in [6, 6.07) is 3.95. The van der Waals surface area contributed by atoms with Crippen LogP contribution in [0.4, 0.5) is 0 Å². The van der Waals surface area contributed by atoms with Crippen molar-refractivity contribution >= 4 is 24.8 Å². The molecule has 0 bridgehead atoms. The van der Waals surface area contributed by atoms with Crippen LogP contribution in [0.3, 0.4) is 0 Å². The third-order valence-corrected chi connectivity index (χ3v) is 1.56. The predicted octanol–water partition coefficient (Wildman–Crippen LogP) is 1.40. The van der Waals surface area contributed by atoms with Crippen molar-refractivity contribution in [1.29, 1.82) is 0 Å². The zero-order chi connectivity index (χ0) is 8.65. The molecule has 0 fully saturated rings. The normalized spacial score (nSPS) is 8.64. The molecule has 0 aliphatic carbocycles. The van der Waals surface area contributed by atoms with Gasteiger partial charge in [0.2, 0.25) is 0 Å². The van der Waals surface area contributed by atoms with Crippen molar-refractivity contribution in [1.82, 2.24) is 10.3 Å². The van der Waals surface area contributed by atoms with Gasteiger partial charge in [0.1, 0.15) is 0 Å². The summed E-state index contributed by atoms with van der Waals surface area (Å²) in [7, 11) is 0. The molecule has 3 nitrogen and oxygen atoms in total. The number of nitrogens with zero attached hydrogens (tertiary/aromatic N) is 1. The van der Waals surface area contributed by atoms with Gasteiger partial charge < -0.3 is 10.4 Å². The van der Waals surface area contributed by atoms with Gasteiger partial charge in [-0.2, -0.15) is 0 Å². The van der Waals surface area contributed by atoms with Crippen LogP contribution in [0.5, 0.6) is 0 Å². The Kier molecular flexibility index (Phi) is 12.3. The fourth-order valence-electron chi connectivity index (χ4n) is 0.939. The fraction of sp³-hybridized carbons (Fsp3) is 0.444. The van der Waals surface area contributed by atoms with Crippen LogP contribution in [0, 0.1) is 0 Å². The van der Waals surface area contributed by atoms with Crippen LogP contribution >= 0.6 is 24.8 Å². The minimum absolute atomic E-state index is 0. The quantitative estimate of drug-likeness (QED) is 0.763. The molecular formula is C9H16Cl2N2O. The second kappa shape index (κ2) is 10.7. The summed E-state index contributed by atoms with van der Waals surface area (Å²) in [6.07, 6.45) is 4.41. The first-order chi connectivity index (χ1) is 5.93. The first-order valence-electron chi connectivity index (χ1n) is 4.14. The Balaban J connectivity index is 0. The number of aromatic nitrogens is 1. The van der Waals surface area contributed by atoms with Gasteiger partial charge >= 0.3 is 0 Å². The molecule has 0 aliphatic heterocycles. The van der Waals surface area contributed by atoms with Gasteiger partial charge in [-0.1, -0.05) is 6.07 Å². The summed E-state index contributed by atoms with van der Waals surface area (Å²) in [5.74, 6) is 0. The highest BCUT2D eigenvalue weighted by atomic mass is 35.5. The van der Waals surface area contributed by atoms with Crippen LogP contribution in [0.25, 0.3) is 0 Å². The number of hydrogen-bond donors (Lipinski definition) is 2. The molecule has 0 aromatic carbocycles. The monoisotopic (exact) mass is 238 g/mol. The van der Waals surface area contributed by atoms with E-state index < -0.39 is 0 Å². The zero-order valence-electron chi connectivity index (χ0n) is 7.85. The molecule has 1 heterocycles. The van der Waals surface area contributed by atoms with E-state index in [0.29, 0.717) is 0 Å². The number of hydrogen-bond acceptors (Lipinski definition) is 3. The van der Waals surface area contributed by atoms with Crippen molar-refractivity contribution in [3.63, 3.8) is 0 Å². The van der Waals surface area contributed by atoms with Crippen LogP contribution in [0.2, 0.25) is 0 Å². The molecule has 82 valence electrons. The SMILES string of the molecule is Cl.Cl.OCCCNCc1cccnc1. The van der Waals surface area contributed by atoms with Crippen molar-refractivity contribution < 1.29 is 5.11 Å². The number of pyridine rings is 1. The average Bonchev–Trinajstić information content (AvgIpc) is 2.14. The standard InChI is InChI=1S/C9H14N2O.2ClH/c12-6-2-5-11-8-9-3-1-4-10-7-9;;/h1,3-4,7,11-12H,2,5-6,8H2;2*1H. The summed E-state index contributed by atoms with van der Waals surface area (Å²) in [4.78, 5) is 3.99. The highest BCUT2D eigenvalue weighted by Gasteiger charge is 1.89. The summed E-state index contributed by atoms with van der Waals surface area (Å²) in [5.41, 5.74) is 1.18. The van der Waals surface area contributed by atoms with Crippen molar-refractivity contribution in [2.24, 2.45) is 0 Å². The van der Waals surface area contributed by atoms with Gasteiger partial charge in [0.05, 0.1) is 0 Å². The first kappa shape index (κ1) is 16.1. The minimum Gasteiger partial charge on any atom is -0.396 e. The third kappa shape index (κ3) is 7.09. The molecule has 14 heavy (non-hydrogen) atoms. The molecular weight excluding hydrogens is 223 g/mol. The predicted molar refractivity (Wildman–Crippen MR) is 62.1 cm³/mol. The topological polar surface area (TPSA) is 45.1 Å². The highest BCUT2D eigenvalue weighted by molar-refractivity contribution is 5.85. The number of aliphatic hydroxyl groups is 1. The molecule has 2 N–H and O–H groups in total. The van der Waals surface area contributed by atoms with Crippen molar-refractivity contribution in [3.05, 3.63) is 30.1 Å². The number of rotatable bonds is 5. The molecule has 0 saturated carbocycles.